The van der Waals surface area contributed by atoms with Gasteiger partial charge < -0.3 is 5.32 Å². The van der Waals surface area contributed by atoms with Gasteiger partial charge in [-0.3, -0.25) is 5.32 Å². The van der Waals surface area contributed by atoms with E-state index in [2.05, 4.69) is 21.7 Å². The summed E-state index contributed by atoms with van der Waals surface area (Å²) in [5.41, 5.74) is 2.12. The maximum Gasteiger partial charge on any atom is 0.321 e. The highest BCUT2D eigenvalue weighted by Crippen LogP contribution is 2.26. The van der Waals surface area contributed by atoms with E-state index in [1.54, 1.807) is 0 Å². The van der Waals surface area contributed by atoms with Gasteiger partial charge in [-0.15, -0.1) is 0 Å². The highest BCUT2D eigenvalue weighted by atomic mass is 32.1. The van der Waals surface area contributed by atoms with Gasteiger partial charge in [0, 0.05) is 6.54 Å². The summed E-state index contributed by atoms with van der Waals surface area (Å²) in [7, 11) is 0. The smallest absolute Gasteiger partial charge is 0.321 e. The second-order valence-corrected chi connectivity index (χ2v) is 4.90. The zero-order valence-electron chi connectivity index (χ0n) is 9.91. The SMILES string of the molecule is CCCNC(=O)Nc1nc2ccc(C)cc2s1. The molecule has 0 saturated heterocycles. The molecule has 2 N–H and O–H groups in total. The van der Waals surface area contributed by atoms with Crippen molar-refractivity contribution in [1.29, 1.82) is 0 Å². The zero-order valence-corrected chi connectivity index (χ0v) is 10.7. The number of urea groups is 1. The van der Waals surface area contributed by atoms with Gasteiger partial charge in [0.05, 0.1) is 10.2 Å². The Kier molecular flexibility index (Phi) is 3.58. The van der Waals surface area contributed by atoms with Crippen molar-refractivity contribution in [2.75, 3.05) is 11.9 Å². The first-order valence-corrected chi connectivity index (χ1v) is 6.42. The van der Waals surface area contributed by atoms with Gasteiger partial charge in [0.1, 0.15) is 0 Å². The van der Waals surface area contributed by atoms with Crippen LogP contribution in [0.4, 0.5) is 9.93 Å². The summed E-state index contributed by atoms with van der Waals surface area (Å²) in [6.07, 6.45) is 0.923. The number of rotatable bonds is 3. The van der Waals surface area contributed by atoms with Gasteiger partial charge in [-0.1, -0.05) is 24.3 Å². The summed E-state index contributed by atoms with van der Waals surface area (Å²) in [4.78, 5) is 15.8. The van der Waals surface area contributed by atoms with E-state index in [0.29, 0.717) is 11.7 Å². The molecule has 0 unspecified atom stereocenters. The minimum absolute atomic E-state index is 0.192. The van der Waals surface area contributed by atoms with E-state index in [9.17, 15) is 4.79 Å². The molecular formula is C12H15N3OS. The fraction of sp³-hybridized carbons (Fsp3) is 0.333. The zero-order chi connectivity index (χ0) is 12.3. The van der Waals surface area contributed by atoms with Crippen LogP contribution in [0.5, 0.6) is 0 Å². The highest BCUT2D eigenvalue weighted by Gasteiger charge is 2.06. The first-order chi connectivity index (χ1) is 8.19. The Bertz CT molecular complexity index is 536. The maximum atomic E-state index is 11.5. The van der Waals surface area contributed by atoms with E-state index >= 15 is 0 Å². The first-order valence-electron chi connectivity index (χ1n) is 5.61. The predicted molar refractivity (Wildman–Crippen MR) is 71.7 cm³/mol. The Labute approximate surface area is 104 Å². The quantitative estimate of drug-likeness (QED) is 0.878. The number of hydrogen-bond donors (Lipinski definition) is 2. The molecule has 90 valence electrons. The van der Waals surface area contributed by atoms with Gasteiger partial charge in [0.25, 0.3) is 0 Å². The van der Waals surface area contributed by atoms with E-state index in [1.807, 2.05) is 26.0 Å². The second kappa shape index (κ2) is 5.14. The molecule has 1 aromatic heterocycles. The van der Waals surface area contributed by atoms with Gasteiger partial charge in [0.15, 0.2) is 5.13 Å². The summed E-state index contributed by atoms with van der Waals surface area (Å²) >= 11 is 1.49. The normalized spacial score (nSPS) is 10.5. The minimum atomic E-state index is -0.192. The van der Waals surface area contributed by atoms with Crippen LogP contribution < -0.4 is 10.6 Å². The average molecular weight is 249 g/mol. The molecule has 1 heterocycles. The van der Waals surface area contributed by atoms with E-state index in [0.717, 1.165) is 16.6 Å². The summed E-state index contributed by atoms with van der Waals surface area (Å²) < 4.78 is 1.09. The molecule has 0 bridgehead atoms. The number of carbonyl (C=O) groups excluding carboxylic acids is 1. The van der Waals surface area contributed by atoms with Gasteiger partial charge in [-0.2, -0.15) is 0 Å². The number of thiazole rings is 1. The van der Waals surface area contributed by atoms with E-state index < -0.39 is 0 Å². The standard InChI is InChI=1S/C12H15N3OS/c1-3-6-13-11(16)15-12-14-9-5-4-8(2)7-10(9)17-12/h4-5,7H,3,6H2,1-2H3,(H2,13,14,15,16). The Morgan fingerprint density at radius 2 is 2.29 bits per heavy atom. The monoisotopic (exact) mass is 249 g/mol. The number of nitrogens with zero attached hydrogens (tertiary/aromatic N) is 1. The highest BCUT2D eigenvalue weighted by molar-refractivity contribution is 7.22. The van der Waals surface area contributed by atoms with E-state index in [1.165, 1.54) is 16.9 Å². The molecule has 0 atom stereocenters. The Morgan fingerprint density at radius 1 is 1.47 bits per heavy atom. The van der Waals surface area contributed by atoms with E-state index in [-0.39, 0.29) is 6.03 Å². The van der Waals surface area contributed by atoms with Crippen LogP contribution in [-0.4, -0.2) is 17.6 Å². The largest absolute Gasteiger partial charge is 0.338 e. The second-order valence-electron chi connectivity index (χ2n) is 3.87. The molecule has 4 nitrogen and oxygen atoms in total. The third-order valence-corrected chi connectivity index (χ3v) is 3.23. The van der Waals surface area contributed by atoms with E-state index in [4.69, 9.17) is 0 Å². The fourth-order valence-electron chi connectivity index (χ4n) is 1.47. The summed E-state index contributed by atoms with van der Waals surface area (Å²) in [6.45, 7) is 4.73. The first kappa shape index (κ1) is 11.9. The predicted octanol–water partition coefficient (Wildman–Crippen LogP) is 3.14. The molecule has 0 radical (unpaired) electrons. The third-order valence-electron chi connectivity index (χ3n) is 2.30. The Morgan fingerprint density at radius 3 is 3.06 bits per heavy atom. The van der Waals surface area contributed by atoms with Gasteiger partial charge in [-0.25, -0.2) is 9.78 Å². The number of benzene rings is 1. The van der Waals surface area contributed by atoms with Crippen molar-refractivity contribution in [3.8, 4) is 0 Å². The number of nitrogens with one attached hydrogen (secondary N) is 2. The number of fused-ring (bicyclic) bond motifs is 1. The van der Waals surface area contributed by atoms with Crippen molar-refractivity contribution in [3.63, 3.8) is 0 Å². The lowest BCUT2D eigenvalue weighted by Gasteiger charge is -2.02. The lowest BCUT2D eigenvalue weighted by atomic mass is 10.2. The molecular weight excluding hydrogens is 234 g/mol. The number of hydrogen-bond acceptors (Lipinski definition) is 3. The molecule has 17 heavy (non-hydrogen) atoms. The topological polar surface area (TPSA) is 54.0 Å². The molecule has 2 aromatic rings. The van der Waals surface area contributed by atoms with Crippen molar-refractivity contribution >= 4 is 32.7 Å². The fourth-order valence-corrected chi connectivity index (χ4v) is 2.42. The lowest BCUT2D eigenvalue weighted by molar-refractivity contribution is 0.252. The molecule has 0 saturated carbocycles. The van der Waals surface area contributed by atoms with Crippen molar-refractivity contribution < 1.29 is 4.79 Å². The lowest BCUT2D eigenvalue weighted by Crippen LogP contribution is -2.29. The summed E-state index contributed by atoms with van der Waals surface area (Å²) in [5, 5.41) is 6.13. The van der Waals surface area contributed by atoms with Gasteiger partial charge >= 0.3 is 6.03 Å². The van der Waals surface area contributed by atoms with Crippen molar-refractivity contribution in [3.05, 3.63) is 23.8 Å². The van der Waals surface area contributed by atoms with Crippen LogP contribution in [0.3, 0.4) is 0 Å². The Balaban J connectivity index is 2.11. The number of aryl methyl sites for hydroxylation is 1. The third kappa shape index (κ3) is 2.94. The summed E-state index contributed by atoms with van der Waals surface area (Å²) in [6, 6.07) is 5.86. The number of amides is 2. The van der Waals surface area contributed by atoms with Crippen LogP contribution >= 0.6 is 11.3 Å². The molecule has 5 heteroatoms. The van der Waals surface area contributed by atoms with Crippen LogP contribution in [0.1, 0.15) is 18.9 Å². The van der Waals surface area contributed by atoms with Crippen molar-refractivity contribution in [1.82, 2.24) is 10.3 Å². The molecule has 0 fully saturated rings. The molecule has 0 aliphatic heterocycles. The molecule has 0 spiro atoms. The van der Waals surface area contributed by atoms with Gasteiger partial charge in [0.2, 0.25) is 0 Å². The minimum Gasteiger partial charge on any atom is -0.338 e. The van der Waals surface area contributed by atoms with Crippen LogP contribution in [-0.2, 0) is 0 Å². The van der Waals surface area contributed by atoms with Gasteiger partial charge in [-0.05, 0) is 31.0 Å². The maximum absolute atomic E-state index is 11.5. The van der Waals surface area contributed by atoms with Crippen LogP contribution in [0.25, 0.3) is 10.2 Å². The number of anilines is 1. The molecule has 0 aliphatic rings. The van der Waals surface area contributed by atoms with Crippen LogP contribution in [0, 0.1) is 6.92 Å². The molecule has 2 amide bonds. The Hall–Kier alpha value is -1.62. The molecule has 0 aliphatic carbocycles. The van der Waals surface area contributed by atoms with Crippen molar-refractivity contribution in [2.45, 2.75) is 20.3 Å². The van der Waals surface area contributed by atoms with Crippen LogP contribution in [0.15, 0.2) is 18.2 Å². The van der Waals surface area contributed by atoms with Crippen LogP contribution in [0.2, 0.25) is 0 Å². The van der Waals surface area contributed by atoms with Crippen molar-refractivity contribution in [2.24, 2.45) is 0 Å². The average Bonchev–Trinajstić information content (AvgIpc) is 2.67. The summed E-state index contributed by atoms with van der Waals surface area (Å²) in [5.74, 6) is 0. The number of carbonyl (C=O) groups is 1. The molecule has 2 rings (SSSR count). The molecule has 1 aromatic carbocycles. The number of aromatic nitrogens is 1.